The summed E-state index contributed by atoms with van der Waals surface area (Å²) in [5.41, 5.74) is -0.817. The molecule has 0 aromatic heterocycles. The van der Waals surface area contributed by atoms with Gasteiger partial charge in [-0.15, -0.1) is 0 Å². The summed E-state index contributed by atoms with van der Waals surface area (Å²) in [6.45, 7) is 8.96. The first-order valence-corrected chi connectivity index (χ1v) is 8.79. The van der Waals surface area contributed by atoms with Gasteiger partial charge in [-0.25, -0.2) is 14.5 Å². The Balaban J connectivity index is 2.16. The van der Waals surface area contributed by atoms with E-state index in [2.05, 4.69) is 15.5 Å². The molecule has 1 aliphatic heterocycles. The summed E-state index contributed by atoms with van der Waals surface area (Å²) in [6, 6.07) is -1.26. The highest BCUT2D eigenvalue weighted by Crippen LogP contribution is 2.18. The molecule has 1 heterocycles. The average Bonchev–Trinajstić information content (AvgIpc) is 2.85. The summed E-state index contributed by atoms with van der Waals surface area (Å²) < 4.78 is 11.2. The number of hydrogen-bond donors (Lipinski definition) is 1. The second kappa shape index (κ2) is 9.72. The van der Waals surface area contributed by atoms with Crippen molar-refractivity contribution in [3.8, 4) is 0 Å². The molecule has 1 rings (SSSR count). The number of rotatable bonds is 12. The Hall–Kier alpha value is -1.87. The monoisotopic (exact) mass is 370 g/mol. The first-order chi connectivity index (χ1) is 12.1. The molecule has 5 amide bonds. The highest BCUT2D eigenvalue weighted by Gasteiger charge is 2.27. The minimum atomic E-state index is -0.630. The van der Waals surface area contributed by atoms with Crippen LogP contribution in [0.2, 0.25) is 0 Å². The molecule has 0 aromatic rings. The molecule has 26 heavy (non-hydrogen) atoms. The molecular formula is C17H30N4O5. The van der Waals surface area contributed by atoms with Crippen LogP contribution in [0.4, 0.5) is 9.59 Å². The molecular weight excluding hydrogens is 340 g/mol. The highest BCUT2D eigenvalue weighted by molar-refractivity contribution is 5.98. The first-order valence-electron chi connectivity index (χ1n) is 8.79. The predicted molar refractivity (Wildman–Crippen MR) is 95.0 cm³/mol. The maximum absolute atomic E-state index is 12.0. The molecule has 0 unspecified atom stereocenters. The first kappa shape index (κ1) is 22.2. The Morgan fingerprint density at radius 2 is 1.69 bits per heavy atom. The van der Waals surface area contributed by atoms with Gasteiger partial charge in [-0.1, -0.05) is 10.2 Å². The largest absolute Gasteiger partial charge is 0.379 e. The van der Waals surface area contributed by atoms with Gasteiger partial charge in [0.15, 0.2) is 0 Å². The fourth-order valence-electron chi connectivity index (χ4n) is 2.26. The summed E-state index contributed by atoms with van der Waals surface area (Å²) in [7, 11) is 1.66. The van der Waals surface area contributed by atoms with Gasteiger partial charge in [0.05, 0.1) is 24.2 Å². The zero-order chi connectivity index (χ0) is 19.8. The molecule has 0 bridgehead atoms. The second-order valence-corrected chi connectivity index (χ2v) is 7.47. The van der Waals surface area contributed by atoms with Gasteiger partial charge in [0.1, 0.15) is 0 Å². The van der Waals surface area contributed by atoms with Crippen LogP contribution in [0.3, 0.4) is 0 Å². The third kappa shape index (κ3) is 8.01. The molecule has 0 fully saturated rings. The number of imide groups is 1. The topological polar surface area (TPSA) is 110 Å². The third-order valence-electron chi connectivity index (χ3n) is 4.15. The Labute approximate surface area is 154 Å². The zero-order valence-electron chi connectivity index (χ0n) is 16.3. The Morgan fingerprint density at radius 3 is 2.27 bits per heavy atom. The standard InChI is InChI=1S/C17H30N4O5/c1-16(2,25-5)8-11-26-17(3,4)12-13(22)18-9-6-7-10-21-14(23)19-20-15(21)24/h6-12H2,1-5H3,(H,18,22). The molecule has 9 nitrogen and oxygen atoms in total. The fourth-order valence-corrected chi connectivity index (χ4v) is 2.26. The number of ether oxygens (including phenoxy) is 2. The van der Waals surface area contributed by atoms with E-state index >= 15 is 0 Å². The van der Waals surface area contributed by atoms with Crippen LogP contribution < -0.4 is 5.32 Å². The highest BCUT2D eigenvalue weighted by atomic mass is 16.5. The molecule has 1 aliphatic rings. The lowest BCUT2D eigenvalue weighted by Crippen LogP contribution is -2.36. The SMILES string of the molecule is COC(C)(C)CCOC(C)(C)CC(=O)NCCCCN1C(=O)N=NC1=O. The number of amides is 5. The van der Waals surface area contributed by atoms with Crippen molar-refractivity contribution < 1.29 is 23.9 Å². The van der Waals surface area contributed by atoms with Crippen LogP contribution >= 0.6 is 0 Å². The second-order valence-electron chi connectivity index (χ2n) is 7.47. The van der Waals surface area contributed by atoms with E-state index in [1.807, 2.05) is 27.7 Å². The van der Waals surface area contributed by atoms with E-state index in [9.17, 15) is 14.4 Å². The Kier molecular flexibility index (Phi) is 8.29. The third-order valence-corrected chi connectivity index (χ3v) is 4.15. The van der Waals surface area contributed by atoms with Crippen LogP contribution in [0.5, 0.6) is 0 Å². The molecule has 9 heteroatoms. The van der Waals surface area contributed by atoms with E-state index in [-0.39, 0.29) is 24.5 Å². The molecule has 0 aromatic carbocycles. The molecule has 1 N–H and O–H groups in total. The van der Waals surface area contributed by atoms with E-state index in [0.717, 1.165) is 11.3 Å². The summed E-state index contributed by atoms with van der Waals surface area (Å²) >= 11 is 0. The molecule has 0 spiro atoms. The number of azo groups is 1. The van der Waals surface area contributed by atoms with E-state index < -0.39 is 17.7 Å². The number of unbranched alkanes of at least 4 members (excludes halogenated alkanes) is 1. The van der Waals surface area contributed by atoms with Crippen molar-refractivity contribution in [2.24, 2.45) is 10.2 Å². The van der Waals surface area contributed by atoms with Crippen LogP contribution in [0.1, 0.15) is 53.4 Å². The number of carbonyl (C=O) groups excluding carboxylic acids is 3. The molecule has 0 radical (unpaired) electrons. The molecule has 148 valence electrons. The van der Waals surface area contributed by atoms with Crippen LogP contribution in [-0.2, 0) is 14.3 Å². The molecule has 0 saturated heterocycles. The lowest BCUT2D eigenvalue weighted by atomic mass is 10.0. The predicted octanol–water partition coefficient (Wildman–Crippen LogP) is 2.89. The van der Waals surface area contributed by atoms with Gasteiger partial charge in [-0.05, 0) is 47.0 Å². The van der Waals surface area contributed by atoms with Crippen molar-refractivity contribution in [3.05, 3.63) is 0 Å². The number of hydrogen-bond acceptors (Lipinski definition) is 5. The molecule has 0 aliphatic carbocycles. The maximum Gasteiger partial charge on any atom is 0.370 e. The number of urea groups is 2. The van der Waals surface area contributed by atoms with Crippen molar-refractivity contribution in [2.45, 2.75) is 64.6 Å². The lowest BCUT2D eigenvalue weighted by molar-refractivity contribution is -0.128. The van der Waals surface area contributed by atoms with Gasteiger partial charge >= 0.3 is 12.1 Å². The maximum atomic E-state index is 12.0. The van der Waals surface area contributed by atoms with Crippen LogP contribution in [0.25, 0.3) is 0 Å². The zero-order valence-corrected chi connectivity index (χ0v) is 16.3. The van der Waals surface area contributed by atoms with E-state index in [4.69, 9.17) is 9.47 Å². The van der Waals surface area contributed by atoms with Crippen molar-refractivity contribution >= 4 is 18.0 Å². The summed E-state index contributed by atoms with van der Waals surface area (Å²) in [5.74, 6) is -0.0978. The van der Waals surface area contributed by atoms with E-state index in [1.54, 1.807) is 7.11 Å². The van der Waals surface area contributed by atoms with Crippen molar-refractivity contribution in [2.75, 3.05) is 26.8 Å². The number of nitrogens with one attached hydrogen (secondary N) is 1. The summed E-state index contributed by atoms with van der Waals surface area (Å²) in [6.07, 6.45) is 2.21. The van der Waals surface area contributed by atoms with Gasteiger partial charge < -0.3 is 14.8 Å². The lowest BCUT2D eigenvalue weighted by Gasteiger charge is -2.28. The fraction of sp³-hybridized carbons (Fsp3) is 0.824. The van der Waals surface area contributed by atoms with Gasteiger partial charge in [0, 0.05) is 20.2 Å². The van der Waals surface area contributed by atoms with Crippen LogP contribution in [0.15, 0.2) is 10.2 Å². The van der Waals surface area contributed by atoms with Crippen molar-refractivity contribution in [1.82, 2.24) is 10.2 Å². The Bertz CT molecular complexity index is 527. The van der Waals surface area contributed by atoms with Crippen LogP contribution in [-0.4, -0.2) is 60.9 Å². The minimum absolute atomic E-state index is 0.0978. The molecule has 0 atom stereocenters. The van der Waals surface area contributed by atoms with E-state index in [0.29, 0.717) is 26.0 Å². The summed E-state index contributed by atoms with van der Waals surface area (Å²) in [4.78, 5) is 35.5. The molecule has 0 saturated carbocycles. The quantitative estimate of drug-likeness (QED) is 0.531. The van der Waals surface area contributed by atoms with Crippen molar-refractivity contribution in [1.29, 1.82) is 0 Å². The van der Waals surface area contributed by atoms with Gasteiger partial charge in [0.2, 0.25) is 5.91 Å². The van der Waals surface area contributed by atoms with Gasteiger partial charge in [0.25, 0.3) is 0 Å². The summed E-state index contributed by atoms with van der Waals surface area (Å²) in [5, 5.41) is 9.19. The number of nitrogens with zero attached hydrogens (tertiary/aromatic N) is 3. The van der Waals surface area contributed by atoms with Gasteiger partial charge in [-0.3, -0.25) is 4.79 Å². The Morgan fingerprint density at radius 1 is 1.08 bits per heavy atom. The van der Waals surface area contributed by atoms with Crippen LogP contribution in [0, 0.1) is 0 Å². The normalized spacial score (nSPS) is 15.0. The number of carbonyl (C=O) groups is 3. The average molecular weight is 370 g/mol. The number of methoxy groups -OCH3 is 1. The minimum Gasteiger partial charge on any atom is -0.379 e. The van der Waals surface area contributed by atoms with Crippen molar-refractivity contribution in [3.63, 3.8) is 0 Å². The van der Waals surface area contributed by atoms with E-state index in [1.165, 1.54) is 0 Å². The smallest absolute Gasteiger partial charge is 0.370 e. The van der Waals surface area contributed by atoms with Gasteiger partial charge in [-0.2, -0.15) is 0 Å².